The Balaban J connectivity index is 1.91. The summed E-state index contributed by atoms with van der Waals surface area (Å²) in [4.78, 5) is 9.31. The Morgan fingerprint density at radius 2 is 2.33 bits per heavy atom. The Morgan fingerprint density at radius 3 is 3.11 bits per heavy atom. The van der Waals surface area contributed by atoms with Gasteiger partial charge in [0.15, 0.2) is 0 Å². The average molecular weight is 261 g/mol. The van der Waals surface area contributed by atoms with Gasteiger partial charge in [0.05, 0.1) is 17.3 Å². The van der Waals surface area contributed by atoms with Gasteiger partial charge in [-0.2, -0.15) is 9.47 Å². The fraction of sp³-hybridized carbons (Fsp3) is 0.200. The molecule has 92 valence electrons. The van der Waals surface area contributed by atoms with Crippen LogP contribution in [0.3, 0.4) is 0 Å². The molecule has 0 bridgehead atoms. The first-order chi connectivity index (χ1) is 8.75. The van der Waals surface area contributed by atoms with Crippen LogP contribution in [0.4, 0.5) is 11.6 Å². The van der Waals surface area contributed by atoms with Crippen LogP contribution in [0.1, 0.15) is 11.3 Å². The van der Waals surface area contributed by atoms with Crippen molar-refractivity contribution in [3.63, 3.8) is 0 Å². The Kier molecular flexibility index (Phi) is 2.56. The summed E-state index contributed by atoms with van der Waals surface area (Å²) in [6, 6.07) is 0. The summed E-state index contributed by atoms with van der Waals surface area (Å²) in [6.45, 7) is 2.50. The van der Waals surface area contributed by atoms with Gasteiger partial charge in [0.2, 0.25) is 0 Å². The van der Waals surface area contributed by atoms with Crippen LogP contribution >= 0.6 is 11.5 Å². The molecule has 0 aliphatic carbocycles. The van der Waals surface area contributed by atoms with E-state index in [-0.39, 0.29) is 0 Å². The molecule has 0 spiro atoms. The number of H-pyrrole nitrogens is 1. The van der Waals surface area contributed by atoms with E-state index in [0.717, 1.165) is 27.3 Å². The third-order valence-corrected chi connectivity index (χ3v) is 3.49. The number of nitrogens with two attached hydrogens (primary N) is 1. The molecule has 18 heavy (non-hydrogen) atoms. The van der Waals surface area contributed by atoms with E-state index in [1.807, 2.05) is 6.92 Å². The van der Waals surface area contributed by atoms with Gasteiger partial charge in [-0.15, -0.1) is 0 Å². The molecular formula is C10H11N7S. The van der Waals surface area contributed by atoms with Crippen LogP contribution in [0.2, 0.25) is 0 Å². The van der Waals surface area contributed by atoms with Gasteiger partial charge < -0.3 is 11.1 Å². The molecule has 3 heterocycles. The van der Waals surface area contributed by atoms with E-state index in [2.05, 4.69) is 29.9 Å². The molecule has 0 radical (unpaired) electrons. The van der Waals surface area contributed by atoms with E-state index in [9.17, 15) is 0 Å². The molecule has 0 atom stereocenters. The third kappa shape index (κ3) is 1.76. The zero-order valence-electron chi connectivity index (χ0n) is 9.64. The standard InChI is InChI=1S/C10H11N7S/c1-5-7-9(13-4-14-10(7)18-17-5)12-2-6-3-15-16-8(6)11/h3-4H,2H2,1H3,(H3,11,15,16)(H,12,13,14). The molecule has 7 nitrogen and oxygen atoms in total. The topological polar surface area (TPSA) is 105 Å². The first kappa shape index (κ1) is 10.9. The van der Waals surface area contributed by atoms with Crippen molar-refractivity contribution in [1.29, 1.82) is 0 Å². The van der Waals surface area contributed by atoms with Crippen molar-refractivity contribution < 1.29 is 0 Å². The average Bonchev–Trinajstić information content (AvgIpc) is 2.94. The minimum Gasteiger partial charge on any atom is -0.384 e. The number of hydrogen-bond acceptors (Lipinski definition) is 7. The van der Waals surface area contributed by atoms with Gasteiger partial charge in [-0.05, 0) is 18.5 Å². The van der Waals surface area contributed by atoms with Crippen LogP contribution in [0.15, 0.2) is 12.5 Å². The Bertz CT molecular complexity index is 686. The normalized spacial score (nSPS) is 10.9. The summed E-state index contributed by atoms with van der Waals surface area (Å²) in [7, 11) is 0. The summed E-state index contributed by atoms with van der Waals surface area (Å²) < 4.78 is 4.27. The number of rotatable bonds is 3. The van der Waals surface area contributed by atoms with Crippen molar-refractivity contribution >= 4 is 33.4 Å². The summed E-state index contributed by atoms with van der Waals surface area (Å²) >= 11 is 1.37. The molecule has 8 heteroatoms. The second kappa shape index (κ2) is 4.22. The van der Waals surface area contributed by atoms with E-state index in [0.29, 0.717) is 12.4 Å². The van der Waals surface area contributed by atoms with Crippen molar-refractivity contribution in [1.82, 2.24) is 24.5 Å². The van der Waals surface area contributed by atoms with E-state index >= 15 is 0 Å². The van der Waals surface area contributed by atoms with Gasteiger partial charge in [-0.1, -0.05) is 0 Å². The van der Waals surface area contributed by atoms with Gasteiger partial charge in [-0.25, -0.2) is 9.97 Å². The van der Waals surface area contributed by atoms with E-state index in [1.165, 1.54) is 17.9 Å². The van der Waals surface area contributed by atoms with Gasteiger partial charge in [0.1, 0.15) is 22.8 Å². The minimum atomic E-state index is 0.559. The lowest BCUT2D eigenvalue weighted by molar-refractivity contribution is 1.10. The molecule has 0 amide bonds. The number of nitrogens with one attached hydrogen (secondary N) is 2. The highest BCUT2D eigenvalue weighted by molar-refractivity contribution is 7.13. The fourth-order valence-electron chi connectivity index (χ4n) is 1.70. The first-order valence-corrected chi connectivity index (χ1v) is 6.11. The Morgan fingerprint density at radius 1 is 1.44 bits per heavy atom. The van der Waals surface area contributed by atoms with E-state index < -0.39 is 0 Å². The summed E-state index contributed by atoms with van der Waals surface area (Å²) in [5.74, 6) is 1.33. The fourth-order valence-corrected chi connectivity index (χ4v) is 2.44. The van der Waals surface area contributed by atoms with Crippen molar-refractivity contribution in [2.24, 2.45) is 0 Å². The molecule has 4 N–H and O–H groups in total. The number of anilines is 2. The molecule has 0 saturated carbocycles. The maximum absolute atomic E-state index is 5.73. The number of aryl methyl sites for hydroxylation is 1. The smallest absolute Gasteiger partial charge is 0.149 e. The summed E-state index contributed by atoms with van der Waals surface area (Å²) in [5, 5.41) is 10.8. The van der Waals surface area contributed by atoms with Gasteiger partial charge in [0, 0.05) is 12.1 Å². The quantitative estimate of drug-likeness (QED) is 0.656. The van der Waals surface area contributed by atoms with Crippen LogP contribution < -0.4 is 11.1 Å². The van der Waals surface area contributed by atoms with Gasteiger partial charge in [-0.3, -0.25) is 5.10 Å². The largest absolute Gasteiger partial charge is 0.384 e. The lowest BCUT2D eigenvalue weighted by Crippen LogP contribution is -2.03. The van der Waals surface area contributed by atoms with Crippen molar-refractivity contribution in [3.05, 3.63) is 23.8 Å². The van der Waals surface area contributed by atoms with Gasteiger partial charge >= 0.3 is 0 Å². The van der Waals surface area contributed by atoms with E-state index in [4.69, 9.17) is 5.73 Å². The number of aromatic amines is 1. The molecule has 0 aliphatic heterocycles. The second-order valence-corrected chi connectivity index (χ2v) is 4.58. The summed E-state index contributed by atoms with van der Waals surface area (Å²) in [6.07, 6.45) is 3.22. The number of nitrogen functional groups attached to an aromatic ring is 1. The highest BCUT2D eigenvalue weighted by Crippen LogP contribution is 2.26. The van der Waals surface area contributed by atoms with Gasteiger partial charge in [0.25, 0.3) is 0 Å². The van der Waals surface area contributed by atoms with Crippen LogP contribution in [-0.2, 0) is 6.54 Å². The van der Waals surface area contributed by atoms with Crippen LogP contribution in [0, 0.1) is 6.92 Å². The number of aromatic nitrogens is 5. The van der Waals surface area contributed by atoms with Crippen molar-refractivity contribution in [3.8, 4) is 0 Å². The zero-order valence-corrected chi connectivity index (χ0v) is 10.5. The predicted octanol–water partition coefficient (Wildman–Crippen LogP) is 1.31. The second-order valence-electron chi connectivity index (χ2n) is 3.83. The Hall–Kier alpha value is -2.22. The SMILES string of the molecule is Cc1nsc2ncnc(NCc3cn[nH]c3N)c12. The monoisotopic (exact) mass is 261 g/mol. The summed E-state index contributed by atoms with van der Waals surface area (Å²) in [5.41, 5.74) is 7.56. The molecule has 0 saturated heterocycles. The van der Waals surface area contributed by atoms with E-state index in [1.54, 1.807) is 6.20 Å². The third-order valence-electron chi connectivity index (χ3n) is 2.64. The highest BCUT2D eigenvalue weighted by Gasteiger charge is 2.10. The molecule has 0 aliphatic rings. The lowest BCUT2D eigenvalue weighted by atomic mass is 10.3. The molecule has 3 aromatic heterocycles. The first-order valence-electron chi connectivity index (χ1n) is 5.34. The van der Waals surface area contributed by atoms with Crippen LogP contribution in [0.25, 0.3) is 10.2 Å². The molecular weight excluding hydrogens is 250 g/mol. The zero-order chi connectivity index (χ0) is 12.5. The van der Waals surface area contributed by atoms with Crippen LogP contribution in [0.5, 0.6) is 0 Å². The van der Waals surface area contributed by atoms with Crippen LogP contribution in [-0.4, -0.2) is 24.5 Å². The molecule has 3 aromatic rings. The number of hydrogen-bond donors (Lipinski definition) is 3. The maximum atomic E-state index is 5.73. The maximum Gasteiger partial charge on any atom is 0.149 e. The molecule has 0 aromatic carbocycles. The Labute approximate surface area is 107 Å². The van der Waals surface area contributed by atoms with Crippen molar-refractivity contribution in [2.45, 2.75) is 13.5 Å². The minimum absolute atomic E-state index is 0.559. The molecule has 0 fully saturated rings. The molecule has 3 rings (SSSR count). The van der Waals surface area contributed by atoms with Crippen molar-refractivity contribution in [2.75, 3.05) is 11.1 Å². The lowest BCUT2D eigenvalue weighted by Gasteiger charge is -2.05. The predicted molar refractivity (Wildman–Crippen MR) is 70.3 cm³/mol. The highest BCUT2D eigenvalue weighted by atomic mass is 32.1. The number of fused-ring (bicyclic) bond motifs is 1. The number of nitrogens with zero attached hydrogens (tertiary/aromatic N) is 4. The molecule has 0 unspecified atom stereocenters.